The summed E-state index contributed by atoms with van der Waals surface area (Å²) in [5, 5.41) is 14.0. The first kappa shape index (κ1) is 8.66. The Morgan fingerprint density at radius 3 is 3.08 bits per heavy atom. The molecule has 4 heteroatoms. The molecule has 72 valence electrons. The number of tetrazole rings is 1. The van der Waals surface area contributed by atoms with Gasteiger partial charge < -0.3 is 0 Å². The quantitative estimate of drug-likeness (QED) is 0.751. The van der Waals surface area contributed by atoms with Crippen molar-refractivity contribution in [2.45, 2.75) is 39.0 Å². The Morgan fingerprint density at radius 2 is 2.38 bits per heavy atom. The minimum absolute atomic E-state index is 0.779. The van der Waals surface area contributed by atoms with Gasteiger partial charge in [-0.1, -0.05) is 25.0 Å². The second-order valence-corrected chi connectivity index (χ2v) is 4.17. The molecular formula is C9H16N4. The SMILES string of the molecule is CC1CCCC(Cc2nn[nH]n2)C1. The van der Waals surface area contributed by atoms with Crippen LogP contribution in [-0.2, 0) is 6.42 Å². The molecule has 13 heavy (non-hydrogen) atoms. The van der Waals surface area contributed by atoms with E-state index in [9.17, 15) is 0 Å². The van der Waals surface area contributed by atoms with E-state index in [2.05, 4.69) is 27.5 Å². The molecule has 0 spiro atoms. The molecule has 0 saturated heterocycles. The van der Waals surface area contributed by atoms with Crippen LogP contribution in [0, 0.1) is 11.8 Å². The number of H-pyrrole nitrogens is 1. The van der Waals surface area contributed by atoms with E-state index in [1.54, 1.807) is 0 Å². The van der Waals surface area contributed by atoms with E-state index < -0.39 is 0 Å². The molecule has 1 N–H and O–H groups in total. The van der Waals surface area contributed by atoms with Crippen molar-refractivity contribution in [3.8, 4) is 0 Å². The van der Waals surface area contributed by atoms with Crippen LogP contribution in [0.5, 0.6) is 0 Å². The highest BCUT2D eigenvalue weighted by molar-refractivity contribution is 4.83. The van der Waals surface area contributed by atoms with Crippen molar-refractivity contribution < 1.29 is 0 Å². The minimum atomic E-state index is 0.779. The number of hydrogen-bond donors (Lipinski definition) is 1. The molecule has 2 rings (SSSR count). The molecule has 1 aromatic rings. The fourth-order valence-electron chi connectivity index (χ4n) is 2.27. The van der Waals surface area contributed by atoms with Crippen molar-refractivity contribution in [3.63, 3.8) is 0 Å². The number of rotatable bonds is 2. The van der Waals surface area contributed by atoms with Gasteiger partial charge in [0.05, 0.1) is 0 Å². The van der Waals surface area contributed by atoms with E-state index in [0.717, 1.165) is 24.1 Å². The lowest BCUT2D eigenvalue weighted by Gasteiger charge is -2.25. The summed E-state index contributed by atoms with van der Waals surface area (Å²) in [4.78, 5) is 0. The first-order valence-electron chi connectivity index (χ1n) is 5.07. The Hall–Kier alpha value is -0.930. The van der Waals surface area contributed by atoms with E-state index in [-0.39, 0.29) is 0 Å². The third-order valence-corrected chi connectivity index (χ3v) is 2.91. The fraction of sp³-hybridized carbons (Fsp3) is 0.889. The van der Waals surface area contributed by atoms with Gasteiger partial charge in [-0.05, 0) is 24.7 Å². The second-order valence-electron chi connectivity index (χ2n) is 4.17. The lowest BCUT2D eigenvalue weighted by molar-refractivity contribution is 0.278. The van der Waals surface area contributed by atoms with Crippen LogP contribution in [0.15, 0.2) is 0 Å². The molecule has 1 heterocycles. The Kier molecular flexibility index (Phi) is 2.57. The number of nitrogens with one attached hydrogen (secondary N) is 1. The molecule has 1 aliphatic rings. The average molecular weight is 180 g/mol. The predicted octanol–water partition coefficient (Wildman–Crippen LogP) is 1.57. The molecule has 2 unspecified atom stereocenters. The topological polar surface area (TPSA) is 54.5 Å². The predicted molar refractivity (Wildman–Crippen MR) is 49.0 cm³/mol. The highest BCUT2D eigenvalue weighted by Gasteiger charge is 2.20. The summed E-state index contributed by atoms with van der Waals surface area (Å²) >= 11 is 0. The zero-order chi connectivity index (χ0) is 9.10. The Labute approximate surface area is 78.1 Å². The third kappa shape index (κ3) is 2.26. The fourth-order valence-corrected chi connectivity index (χ4v) is 2.27. The molecule has 1 saturated carbocycles. The van der Waals surface area contributed by atoms with Crippen molar-refractivity contribution in [2.24, 2.45) is 11.8 Å². The van der Waals surface area contributed by atoms with Crippen LogP contribution < -0.4 is 0 Å². The van der Waals surface area contributed by atoms with Crippen molar-refractivity contribution in [1.82, 2.24) is 20.6 Å². The first-order chi connectivity index (χ1) is 6.34. The summed E-state index contributed by atoms with van der Waals surface area (Å²) in [6.45, 7) is 2.34. The van der Waals surface area contributed by atoms with Gasteiger partial charge in [0.1, 0.15) is 0 Å². The summed E-state index contributed by atoms with van der Waals surface area (Å²) < 4.78 is 0. The van der Waals surface area contributed by atoms with Gasteiger partial charge in [-0.15, -0.1) is 10.2 Å². The zero-order valence-corrected chi connectivity index (χ0v) is 8.03. The van der Waals surface area contributed by atoms with Crippen molar-refractivity contribution in [2.75, 3.05) is 0 Å². The molecule has 0 aliphatic heterocycles. The van der Waals surface area contributed by atoms with Crippen molar-refractivity contribution >= 4 is 0 Å². The third-order valence-electron chi connectivity index (χ3n) is 2.91. The van der Waals surface area contributed by atoms with Crippen LogP contribution in [0.4, 0.5) is 0 Å². The van der Waals surface area contributed by atoms with Crippen molar-refractivity contribution in [1.29, 1.82) is 0 Å². The summed E-state index contributed by atoms with van der Waals surface area (Å²) in [6, 6.07) is 0. The highest BCUT2D eigenvalue weighted by Crippen LogP contribution is 2.29. The van der Waals surface area contributed by atoms with Gasteiger partial charge in [0.2, 0.25) is 0 Å². The minimum Gasteiger partial charge on any atom is -0.177 e. The van der Waals surface area contributed by atoms with Crippen LogP contribution in [0.2, 0.25) is 0 Å². The van der Waals surface area contributed by atoms with Crippen LogP contribution in [-0.4, -0.2) is 20.6 Å². The van der Waals surface area contributed by atoms with E-state index >= 15 is 0 Å². The lowest BCUT2D eigenvalue weighted by Crippen LogP contribution is -2.15. The Balaban J connectivity index is 1.87. The maximum Gasteiger partial charge on any atom is 0.174 e. The Bertz CT molecular complexity index is 244. The van der Waals surface area contributed by atoms with Gasteiger partial charge in [0.15, 0.2) is 5.82 Å². The van der Waals surface area contributed by atoms with E-state index in [0.29, 0.717) is 0 Å². The Morgan fingerprint density at radius 1 is 1.46 bits per heavy atom. The molecule has 4 nitrogen and oxygen atoms in total. The van der Waals surface area contributed by atoms with E-state index in [4.69, 9.17) is 0 Å². The standard InChI is InChI=1S/C9H16N4/c1-7-3-2-4-8(5-7)6-9-10-12-13-11-9/h7-8H,2-6H2,1H3,(H,10,11,12,13). The number of hydrogen-bond acceptors (Lipinski definition) is 3. The zero-order valence-electron chi connectivity index (χ0n) is 8.03. The van der Waals surface area contributed by atoms with Gasteiger partial charge in [0, 0.05) is 6.42 Å². The molecular weight excluding hydrogens is 164 g/mol. The van der Waals surface area contributed by atoms with Gasteiger partial charge in [-0.25, -0.2) is 0 Å². The molecule has 1 aliphatic carbocycles. The van der Waals surface area contributed by atoms with E-state index in [1.807, 2.05) is 0 Å². The highest BCUT2D eigenvalue weighted by atomic mass is 15.5. The monoisotopic (exact) mass is 180 g/mol. The smallest absolute Gasteiger partial charge is 0.174 e. The number of aromatic nitrogens is 4. The van der Waals surface area contributed by atoms with E-state index in [1.165, 1.54) is 25.7 Å². The van der Waals surface area contributed by atoms with Gasteiger partial charge >= 0.3 is 0 Å². The largest absolute Gasteiger partial charge is 0.177 e. The molecule has 1 fully saturated rings. The summed E-state index contributed by atoms with van der Waals surface area (Å²) in [5.41, 5.74) is 0. The van der Waals surface area contributed by atoms with Crippen LogP contribution in [0.1, 0.15) is 38.4 Å². The molecule has 0 amide bonds. The number of aromatic amines is 1. The van der Waals surface area contributed by atoms with Crippen LogP contribution >= 0.6 is 0 Å². The normalized spacial score (nSPS) is 29.0. The molecule has 1 aromatic heterocycles. The summed E-state index contributed by atoms with van der Waals surface area (Å²) in [5.74, 6) is 2.53. The second kappa shape index (κ2) is 3.85. The summed E-state index contributed by atoms with van der Waals surface area (Å²) in [6.07, 6.45) is 6.42. The van der Waals surface area contributed by atoms with Gasteiger partial charge in [-0.2, -0.15) is 5.21 Å². The molecule has 0 bridgehead atoms. The molecule has 2 atom stereocenters. The maximum absolute atomic E-state index is 3.99. The van der Waals surface area contributed by atoms with Gasteiger partial charge in [-0.3, -0.25) is 0 Å². The maximum atomic E-state index is 3.99. The summed E-state index contributed by atoms with van der Waals surface area (Å²) in [7, 11) is 0. The lowest BCUT2D eigenvalue weighted by atomic mass is 9.81. The van der Waals surface area contributed by atoms with Gasteiger partial charge in [0.25, 0.3) is 0 Å². The first-order valence-corrected chi connectivity index (χ1v) is 5.07. The van der Waals surface area contributed by atoms with Crippen LogP contribution in [0.3, 0.4) is 0 Å². The molecule has 0 aromatic carbocycles. The molecule has 0 radical (unpaired) electrons. The average Bonchev–Trinajstić information content (AvgIpc) is 2.57. The van der Waals surface area contributed by atoms with Crippen molar-refractivity contribution in [3.05, 3.63) is 5.82 Å². The number of nitrogens with zero attached hydrogens (tertiary/aromatic N) is 3. The van der Waals surface area contributed by atoms with Crippen LogP contribution in [0.25, 0.3) is 0 Å².